The van der Waals surface area contributed by atoms with E-state index in [0.717, 1.165) is 62.6 Å². The molecule has 12 aromatic rings. The van der Waals surface area contributed by atoms with E-state index in [1.54, 1.807) is 0 Å². The number of allylic oxidation sites excluding steroid dienone is 2. The van der Waals surface area contributed by atoms with Crippen molar-refractivity contribution in [1.82, 2.24) is 9.14 Å². The van der Waals surface area contributed by atoms with E-state index in [1.165, 1.54) is 70.2 Å². The van der Waals surface area contributed by atoms with Crippen molar-refractivity contribution in [2.75, 3.05) is 4.90 Å². The Morgan fingerprint density at radius 1 is 0.431 bits per heavy atom. The summed E-state index contributed by atoms with van der Waals surface area (Å²) < 4.78 is 18.2. The Morgan fingerprint density at radius 3 is 1.94 bits per heavy atom. The second-order valence-electron chi connectivity index (χ2n) is 17.4. The van der Waals surface area contributed by atoms with Crippen LogP contribution in [-0.4, -0.2) is 16.4 Å². The van der Waals surface area contributed by atoms with Crippen molar-refractivity contribution < 1.29 is 9.47 Å². The van der Waals surface area contributed by atoms with Crippen molar-refractivity contribution in [2.24, 2.45) is 0 Å². The molecule has 65 heavy (non-hydrogen) atoms. The zero-order valence-electron chi connectivity index (χ0n) is 34.9. The van der Waals surface area contributed by atoms with Crippen LogP contribution in [0.25, 0.3) is 81.4 Å². The van der Waals surface area contributed by atoms with Gasteiger partial charge in [-0.3, -0.25) is 0 Å². The van der Waals surface area contributed by atoms with Gasteiger partial charge in [0.2, 0.25) is 17.5 Å². The highest BCUT2D eigenvalue weighted by atomic mass is 16.5. The van der Waals surface area contributed by atoms with Gasteiger partial charge in [-0.05, 0) is 127 Å². The molecular formula is C60H36N3O2+. The van der Waals surface area contributed by atoms with Gasteiger partial charge < -0.3 is 18.9 Å². The number of para-hydroxylation sites is 5. The van der Waals surface area contributed by atoms with E-state index in [2.05, 4.69) is 202 Å². The molecule has 15 rings (SSSR count). The van der Waals surface area contributed by atoms with Crippen LogP contribution in [0.2, 0.25) is 0 Å². The predicted octanol–water partition coefficient (Wildman–Crippen LogP) is 15.7. The fourth-order valence-corrected chi connectivity index (χ4v) is 11.1. The molecule has 0 bridgehead atoms. The number of rotatable bonds is 3. The quantitative estimate of drug-likeness (QED) is 0.131. The topological polar surface area (TPSA) is 29.6 Å². The van der Waals surface area contributed by atoms with Crippen molar-refractivity contribution >= 4 is 110 Å². The van der Waals surface area contributed by atoms with E-state index in [0.29, 0.717) is 0 Å². The summed E-state index contributed by atoms with van der Waals surface area (Å²) >= 11 is 0. The highest BCUT2D eigenvalue weighted by Gasteiger charge is 2.37. The molecule has 0 radical (unpaired) electrons. The van der Waals surface area contributed by atoms with Crippen LogP contribution >= 0.6 is 0 Å². The third-order valence-corrected chi connectivity index (χ3v) is 13.9. The number of benzene rings is 11. The van der Waals surface area contributed by atoms with Crippen LogP contribution in [0.15, 0.2) is 212 Å². The van der Waals surface area contributed by atoms with Crippen LogP contribution in [0, 0.1) is 0 Å². The number of hydrogen-bond donors (Lipinski definition) is 0. The molecule has 1 atom stereocenters. The van der Waals surface area contributed by atoms with Crippen LogP contribution in [0.1, 0.15) is 0 Å². The molecule has 2 aliphatic heterocycles. The largest absolute Gasteiger partial charge is 0.468 e. The van der Waals surface area contributed by atoms with Gasteiger partial charge in [-0.25, -0.2) is 0 Å². The molecule has 0 spiro atoms. The monoisotopic (exact) mass is 830 g/mol. The Bertz CT molecular complexity index is 4080. The minimum absolute atomic E-state index is 0.237. The Hall–Kier alpha value is -8.67. The summed E-state index contributed by atoms with van der Waals surface area (Å²) in [6.07, 6.45) is 8.33. The highest BCUT2D eigenvalue weighted by molar-refractivity contribution is 6.33. The van der Waals surface area contributed by atoms with E-state index in [-0.39, 0.29) is 6.10 Å². The van der Waals surface area contributed by atoms with Gasteiger partial charge in [0.1, 0.15) is 0 Å². The van der Waals surface area contributed by atoms with Gasteiger partial charge >= 0.3 is 0 Å². The molecule has 1 unspecified atom stereocenters. The lowest BCUT2D eigenvalue weighted by atomic mass is 9.92. The first kappa shape index (κ1) is 34.9. The van der Waals surface area contributed by atoms with Gasteiger partial charge in [0.15, 0.2) is 17.2 Å². The molecule has 5 nitrogen and oxygen atoms in total. The fourth-order valence-electron chi connectivity index (χ4n) is 11.1. The average molecular weight is 831 g/mol. The maximum atomic E-state index is 7.00. The maximum absolute atomic E-state index is 7.00. The smallest absolute Gasteiger partial charge is 0.255 e. The standard InChI is InChI=1S/C60H36N3O2/c1-2-13-41(14-3-1)61-51-35-52-57(34-47(51)60-46-28-25-37-12-10-11-36-21-24-40(33-53(60)61)59(46)58(36)37)65-56-20-9-6-17-50(56)63(52)43-27-30-45-39(32-43)23-22-38-31-42(26-29-44(38)45)62-48-15-4-7-18-54(48)64-55-19-8-5-16-49(55)62/h1-35,56H/q+1. The molecule has 1 aliphatic carbocycles. The van der Waals surface area contributed by atoms with Crippen LogP contribution < -0.4 is 18.9 Å². The predicted molar refractivity (Wildman–Crippen MR) is 270 cm³/mol. The first-order chi connectivity index (χ1) is 32.2. The van der Waals surface area contributed by atoms with Crippen LogP contribution in [0.5, 0.6) is 17.2 Å². The van der Waals surface area contributed by atoms with Gasteiger partial charge in [-0.15, -0.1) is 0 Å². The van der Waals surface area contributed by atoms with Gasteiger partial charge in [0.05, 0.1) is 22.4 Å². The second-order valence-corrected chi connectivity index (χ2v) is 17.4. The number of fused-ring (bicyclic) bond motifs is 11. The third kappa shape index (κ3) is 4.89. The molecule has 302 valence electrons. The first-order valence-electron chi connectivity index (χ1n) is 22.3. The number of hydrogen-bond acceptors (Lipinski definition) is 3. The summed E-state index contributed by atoms with van der Waals surface area (Å²) in [4.78, 5) is 2.30. The Balaban J connectivity index is 0.928. The SMILES string of the molecule is C1=CC2=[N+](c3ccc4c(ccc5cc(N6c7ccccc7Oc7ccccc76)ccc54)c3)c3cc4c(cc3OC2C=C1)c1c2ccc3cccc5ccc(cc1n4-c1ccccc1)c2c53. The number of anilines is 3. The summed E-state index contributed by atoms with van der Waals surface area (Å²) in [7, 11) is 0. The molecule has 0 saturated carbocycles. The Labute approximate surface area is 373 Å². The van der Waals surface area contributed by atoms with Gasteiger partial charge in [0.25, 0.3) is 5.69 Å². The molecule has 0 saturated heterocycles. The second kappa shape index (κ2) is 12.9. The van der Waals surface area contributed by atoms with E-state index in [1.807, 2.05) is 24.3 Å². The van der Waals surface area contributed by atoms with Crippen molar-refractivity contribution in [1.29, 1.82) is 0 Å². The molecule has 11 aromatic carbocycles. The minimum atomic E-state index is -0.237. The average Bonchev–Trinajstić information content (AvgIpc) is 3.68. The molecule has 0 N–H and O–H groups in total. The van der Waals surface area contributed by atoms with E-state index < -0.39 is 0 Å². The zero-order chi connectivity index (χ0) is 42.3. The lowest BCUT2D eigenvalue weighted by Crippen LogP contribution is -2.36. The van der Waals surface area contributed by atoms with Crippen molar-refractivity contribution in [3.05, 3.63) is 212 Å². The third-order valence-electron chi connectivity index (χ3n) is 13.9. The van der Waals surface area contributed by atoms with Crippen molar-refractivity contribution in [2.45, 2.75) is 6.10 Å². The van der Waals surface area contributed by atoms with Crippen LogP contribution in [0.3, 0.4) is 0 Å². The number of ether oxygens (including phenoxy) is 2. The summed E-state index contributed by atoms with van der Waals surface area (Å²) in [5.41, 5.74) is 9.76. The first-order valence-corrected chi connectivity index (χ1v) is 22.3. The maximum Gasteiger partial charge on any atom is 0.255 e. The highest BCUT2D eigenvalue weighted by Crippen LogP contribution is 2.51. The van der Waals surface area contributed by atoms with Gasteiger partial charge in [-0.2, -0.15) is 4.58 Å². The summed E-state index contributed by atoms with van der Waals surface area (Å²) in [6, 6.07) is 68.4. The van der Waals surface area contributed by atoms with Crippen LogP contribution in [-0.2, 0) is 0 Å². The fraction of sp³-hybridized carbons (Fsp3) is 0.0167. The molecule has 0 fully saturated rings. The van der Waals surface area contributed by atoms with Crippen molar-refractivity contribution in [3.8, 4) is 22.9 Å². The van der Waals surface area contributed by atoms with Gasteiger partial charge in [0, 0.05) is 46.4 Å². The van der Waals surface area contributed by atoms with E-state index in [9.17, 15) is 0 Å². The lowest BCUT2D eigenvalue weighted by molar-refractivity contribution is 0.304. The number of nitrogens with zero attached hydrogens (tertiary/aromatic N) is 3. The van der Waals surface area contributed by atoms with Gasteiger partial charge in [-0.1, -0.05) is 115 Å². The summed E-state index contributed by atoms with van der Waals surface area (Å²) in [6.45, 7) is 0. The molecule has 0 amide bonds. The van der Waals surface area contributed by atoms with E-state index >= 15 is 0 Å². The van der Waals surface area contributed by atoms with Crippen LogP contribution in [0.4, 0.5) is 28.4 Å². The zero-order valence-corrected chi connectivity index (χ0v) is 34.9. The minimum Gasteiger partial charge on any atom is -0.468 e. The molecular weight excluding hydrogens is 795 g/mol. The molecule has 1 aromatic heterocycles. The normalized spacial score (nSPS) is 15.3. The lowest BCUT2D eigenvalue weighted by Gasteiger charge is -2.32. The molecule has 5 heteroatoms. The number of aromatic nitrogens is 1. The Kier molecular flexibility index (Phi) is 6.94. The van der Waals surface area contributed by atoms with E-state index in [4.69, 9.17) is 9.47 Å². The van der Waals surface area contributed by atoms with Crippen molar-refractivity contribution in [3.63, 3.8) is 0 Å². The summed E-state index contributed by atoms with van der Waals surface area (Å²) in [5.74, 6) is 2.56. The molecule has 3 aliphatic rings. The Morgan fingerprint density at radius 2 is 1.12 bits per heavy atom. The molecule has 3 heterocycles. The summed E-state index contributed by atoms with van der Waals surface area (Å²) in [5, 5.41) is 14.9.